The molecule has 0 bridgehead atoms. The summed E-state index contributed by atoms with van der Waals surface area (Å²) in [6.07, 6.45) is 42.8. The number of fused-ring (bicyclic) bond motifs is 1. The fraction of sp³-hybridized carbons (Fsp3) is 0.773. The molecule has 0 atom stereocenters. The van der Waals surface area contributed by atoms with Crippen molar-refractivity contribution < 1.29 is 13.0 Å². The van der Waals surface area contributed by atoms with E-state index in [2.05, 4.69) is 26.0 Å². The molecule has 0 saturated heterocycles. The Kier molecular flexibility index (Phi) is 25.2. The maximum Gasteiger partial charge on any atom is 0.294 e. The lowest BCUT2D eigenvalue weighted by atomic mass is 9.93. The average molecular weight is 685 g/mol. The molecule has 0 aliphatic heterocycles. The van der Waals surface area contributed by atoms with Gasteiger partial charge in [-0.05, 0) is 59.7 Å². The van der Waals surface area contributed by atoms with Crippen LogP contribution in [0.1, 0.15) is 218 Å². The van der Waals surface area contributed by atoms with Gasteiger partial charge in [-0.2, -0.15) is 8.42 Å². The fourth-order valence-electron chi connectivity index (χ4n) is 7.42. The molecule has 0 aliphatic rings. The molecule has 0 spiro atoms. The number of rotatable bonds is 33. The van der Waals surface area contributed by atoms with Crippen molar-refractivity contribution in [3.05, 3.63) is 41.5 Å². The molecule has 0 fully saturated rings. The Morgan fingerprint density at radius 1 is 0.396 bits per heavy atom. The summed E-state index contributed by atoms with van der Waals surface area (Å²) in [6, 6.07) is 9.71. The Morgan fingerprint density at radius 2 is 0.688 bits per heavy atom. The molecule has 48 heavy (non-hydrogen) atoms. The summed E-state index contributed by atoms with van der Waals surface area (Å²) >= 11 is 0. The smallest absolute Gasteiger partial charge is 0.282 e. The zero-order valence-corrected chi connectivity index (χ0v) is 32.5. The summed E-state index contributed by atoms with van der Waals surface area (Å²) < 4.78 is 33.7. The number of aryl methyl sites for hydroxylation is 2. The third-order valence-corrected chi connectivity index (χ3v) is 11.4. The lowest BCUT2D eigenvalue weighted by Crippen LogP contribution is -2.00. The minimum absolute atomic E-state index is 0.0110. The van der Waals surface area contributed by atoms with Crippen molar-refractivity contribution in [1.29, 1.82) is 0 Å². The van der Waals surface area contributed by atoms with Gasteiger partial charge >= 0.3 is 0 Å². The minimum atomic E-state index is -4.22. The van der Waals surface area contributed by atoms with Crippen LogP contribution in [0.15, 0.2) is 35.2 Å². The van der Waals surface area contributed by atoms with Crippen molar-refractivity contribution in [2.45, 2.75) is 224 Å². The average Bonchev–Trinajstić information content (AvgIpc) is 3.08. The molecule has 0 unspecified atom stereocenters. The third-order valence-electron chi connectivity index (χ3n) is 10.6. The summed E-state index contributed by atoms with van der Waals surface area (Å²) in [7, 11) is -4.22. The van der Waals surface area contributed by atoms with E-state index in [1.54, 1.807) is 12.1 Å². The van der Waals surface area contributed by atoms with E-state index in [4.69, 9.17) is 0 Å². The summed E-state index contributed by atoms with van der Waals surface area (Å²) in [5.41, 5.74) is 2.52. The molecule has 2 aromatic carbocycles. The van der Waals surface area contributed by atoms with Gasteiger partial charge in [-0.25, -0.2) is 0 Å². The van der Waals surface area contributed by atoms with Crippen LogP contribution in [0.25, 0.3) is 10.8 Å². The molecule has 0 saturated carbocycles. The van der Waals surface area contributed by atoms with Crippen molar-refractivity contribution >= 4 is 20.9 Å². The zero-order chi connectivity index (χ0) is 34.5. The first-order valence-corrected chi connectivity index (χ1v) is 22.4. The molecule has 0 aromatic heterocycles. The zero-order valence-electron chi connectivity index (χ0n) is 31.7. The number of unbranched alkanes of at least 4 members (excludes halogenated alkanes) is 28. The summed E-state index contributed by atoms with van der Waals surface area (Å²) in [4.78, 5) is 0.0110. The summed E-state index contributed by atoms with van der Waals surface area (Å²) in [5, 5.41) is 2.17. The normalized spacial score (nSPS) is 12.0. The van der Waals surface area contributed by atoms with Crippen LogP contribution in [0.4, 0.5) is 0 Å². The maximum absolute atomic E-state index is 12.0. The van der Waals surface area contributed by atoms with Gasteiger partial charge in [0.2, 0.25) is 0 Å². The molecule has 0 aliphatic carbocycles. The van der Waals surface area contributed by atoms with Gasteiger partial charge in [0.15, 0.2) is 0 Å². The highest BCUT2D eigenvalue weighted by molar-refractivity contribution is 7.85. The molecule has 0 heterocycles. The largest absolute Gasteiger partial charge is 0.294 e. The third kappa shape index (κ3) is 20.3. The van der Waals surface area contributed by atoms with Gasteiger partial charge < -0.3 is 0 Å². The predicted molar refractivity (Wildman–Crippen MR) is 211 cm³/mol. The van der Waals surface area contributed by atoms with Crippen LogP contribution in [0.2, 0.25) is 0 Å². The molecule has 3 nitrogen and oxygen atoms in total. The molecule has 2 rings (SSSR count). The van der Waals surface area contributed by atoms with Crippen LogP contribution >= 0.6 is 0 Å². The second-order valence-corrected chi connectivity index (χ2v) is 16.4. The second kappa shape index (κ2) is 28.3. The molecular formula is C44H76O3S. The van der Waals surface area contributed by atoms with Crippen LogP contribution in [0.3, 0.4) is 0 Å². The number of benzene rings is 2. The molecule has 1 N–H and O–H groups in total. The van der Waals surface area contributed by atoms with Gasteiger partial charge in [-0.15, -0.1) is 0 Å². The van der Waals surface area contributed by atoms with Gasteiger partial charge in [0.25, 0.3) is 10.1 Å². The van der Waals surface area contributed by atoms with E-state index in [1.165, 1.54) is 197 Å². The van der Waals surface area contributed by atoms with Crippen molar-refractivity contribution in [3.63, 3.8) is 0 Å². The quantitative estimate of drug-likeness (QED) is 0.0601. The highest BCUT2D eigenvalue weighted by Gasteiger charge is 2.14. The first-order valence-electron chi connectivity index (χ1n) is 21.0. The lowest BCUT2D eigenvalue weighted by Gasteiger charge is -2.13. The van der Waals surface area contributed by atoms with Gasteiger partial charge in [0.05, 0.1) is 4.90 Å². The van der Waals surface area contributed by atoms with Crippen molar-refractivity contribution in [1.82, 2.24) is 0 Å². The number of hydrogen-bond acceptors (Lipinski definition) is 2. The highest BCUT2D eigenvalue weighted by atomic mass is 32.2. The van der Waals surface area contributed by atoms with E-state index in [0.717, 1.165) is 30.0 Å². The first-order chi connectivity index (χ1) is 23.5. The van der Waals surface area contributed by atoms with Crippen molar-refractivity contribution in [3.8, 4) is 0 Å². The maximum atomic E-state index is 12.0. The Balaban J connectivity index is 1.65. The van der Waals surface area contributed by atoms with E-state index in [-0.39, 0.29) is 4.90 Å². The van der Waals surface area contributed by atoms with Gasteiger partial charge in [0.1, 0.15) is 0 Å². The second-order valence-electron chi connectivity index (χ2n) is 15.0. The van der Waals surface area contributed by atoms with E-state index in [0.29, 0.717) is 0 Å². The van der Waals surface area contributed by atoms with E-state index in [9.17, 15) is 13.0 Å². The Labute approximate surface area is 298 Å². The Bertz CT molecular complexity index is 1160. The molecule has 0 amide bonds. The lowest BCUT2D eigenvalue weighted by molar-refractivity contribution is 0.483. The SMILES string of the molecule is CCCCCCCCCCCCCCCCCc1ccc(CCCCCCCCCCCCCCCCC)c2cc(S(=O)(=O)O)ccc12. The summed E-state index contributed by atoms with van der Waals surface area (Å²) in [5.74, 6) is 0. The van der Waals surface area contributed by atoms with Crippen LogP contribution in [-0.4, -0.2) is 13.0 Å². The summed E-state index contributed by atoms with van der Waals surface area (Å²) in [6.45, 7) is 4.57. The molecular weight excluding hydrogens is 609 g/mol. The van der Waals surface area contributed by atoms with Crippen LogP contribution in [0, 0.1) is 0 Å². The highest BCUT2D eigenvalue weighted by Crippen LogP contribution is 2.29. The van der Waals surface area contributed by atoms with Crippen LogP contribution in [0.5, 0.6) is 0 Å². The van der Waals surface area contributed by atoms with Crippen LogP contribution < -0.4 is 0 Å². The molecule has 0 radical (unpaired) electrons. The van der Waals surface area contributed by atoms with Gasteiger partial charge in [-0.1, -0.05) is 212 Å². The minimum Gasteiger partial charge on any atom is -0.282 e. The monoisotopic (exact) mass is 685 g/mol. The van der Waals surface area contributed by atoms with Gasteiger partial charge in [0, 0.05) is 0 Å². The van der Waals surface area contributed by atoms with Crippen LogP contribution in [-0.2, 0) is 23.0 Å². The van der Waals surface area contributed by atoms with E-state index in [1.807, 2.05) is 6.07 Å². The topological polar surface area (TPSA) is 54.4 Å². The Hall–Kier alpha value is -1.39. The van der Waals surface area contributed by atoms with Crippen molar-refractivity contribution in [2.75, 3.05) is 0 Å². The molecule has 276 valence electrons. The van der Waals surface area contributed by atoms with E-state index < -0.39 is 10.1 Å². The fourth-order valence-corrected chi connectivity index (χ4v) is 7.93. The van der Waals surface area contributed by atoms with Gasteiger partial charge in [-0.3, -0.25) is 4.55 Å². The predicted octanol–water partition coefficient (Wildman–Crippen LogP) is 14.9. The molecule has 2 aromatic rings. The standard InChI is InChI=1S/C44H76O3S/c1-3-5-7-9-11-13-15-17-19-21-23-25-27-29-31-33-40-35-36-41(44-39-42(48(45,46)47)37-38-43(40)44)34-32-30-28-26-24-22-20-18-16-14-12-10-8-6-4-2/h35-39H,3-34H2,1-2H3,(H,45,46,47). The van der Waals surface area contributed by atoms with E-state index >= 15 is 0 Å². The number of hydrogen-bond donors (Lipinski definition) is 1. The molecule has 4 heteroatoms. The van der Waals surface area contributed by atoms with Crippen molar-refractivity contribution in [2.24, 2.45) is 0 Å². The Morgan fingerprint density at radius 3 is 1.00 bits per heavy atom. The first kappa shape index (κ1) is 42.8.